The zero-order chi connectivity index (χ0) is 13.3. The Morgan fingerprint density at radius 1 is 1.17 bits per heavy atom. The quantitative estimate of drug-likeness (QED) is 0.749. The SMILES string of the molecule is CC1CN(C(=O)[C@@H]2CNC[C@H]2C)CCC1C(=O)O. The Kier molecular flexibility index (Phi) is 3.90. The van der Waals surface area contributed by atoms with Crippen LogP contribution in [-0.2, 0) is 9.59 Å². The van der Waals surface area contributed by atoms with E-state index in [2.05, 4.69) is 12.2 Å². The van der Waals surface area contributed by atoms with Crippen LogP contribution in [0, 0.1) is 23.7 Å². The van der Waals surface area contributed by atoms with Gasteiger partial charge in [-0.3, -0.25) is 9.59 Å². The molecular formula is C13H22N2O3. The molecule has 2 rings (SSSR count). The summed E-state index contributed by atoms with van der Waals surface area (Å²) in [7, 11) is 0. The number of hydrogen-bond donors (Lipinski definition) is 2. The zero-order valence-corrected chi connectivity index (χ0v) is 11.1. The van der Waals surface area contributed by atoms with Crippen LogP contribution in [0.4, 0.5) is 0 Å². The second-order valence-electron chi connectivity index (χ2n) is 5.74. The third-order valence-electron chi connectivity index (χ3n) is 4.37. The van der Waals surface area contributed by atoms with Gasteiger partial charge in [0.15, 0.2) is 0 Å². The van der Waals surface area contributed by atoms with Crippen LogP contribution in [0.2, 0.25) is 0 Å². The number of nitrogens with one attached hydrogen (secondary N) is 1. The smallest absolute Gasteiger partial charge is 0.306 e. The highest BCUT2D eigenvalue weighted by molar-refractivity contribution is 5.80. The molecule has 2 heterocycles. The van der Waals surface area contributed by atoms with E-state index in [9.17, 15) is 9.59 Å². The number of carboxylic acid groups (broad SMARTS) is 1. The van der Waals surface area contributed by atoms with E-state index in [-0.39, 0.29) is 23.7 Å². The first-order valence-corrected chi connectivity index (χ1v) is 6.73. The molecule has 0 aromatic rings. The molecule has 0 saturated carbocycles. The van der Waals surface area contributed by atoms with Gasteiger partial charge in [0.1, 0.15) is 0 Å². The van der Waals surface area contributed by atoms with Crippen molar-refractivity contribution in [1.82, 2.24) is 10.2 Å². The van der Waals surface area contributed by atoms with E-state index >= 15 is 0 Å². The summed E-state index contributed by atoms with van der Waals surface area (Å²) < 4.78 is 0. The van der Waals surface area contributed by atoms with Gasteiger partial charge in [-0.25, -0.2) is 0 Å². The van der Waals surface area contributed by atoms with Gasteiger partial charge in [0.05, 0.1) is 11.8 Å². The number of rotatable bonds is 2. The lowest BCUT2D eigenvalue weighted by atomic mass is 9.86. The molecule has 0 spiro atoms. The monoisotopic (exact) mass is 254 g/mol. The Labute approximate surface area is 108 Å². The van der Waals surface area contributed by atoms with Crippen molar-refractivity contribution in [2.24, 2.45) is 23.7 Å². The van der Waals surface area contributed by atoms with E-state index in [4.69, 9.17) is 5.11 Å². The number of hydrogen-bond acceptors (Lipinski definition) is 3. The van der Waals surface area contributed by atoms with Gasteiger partial charge in [0, 0.05) is 19.6 Å². The Balaban J connectivity index is 1.95. The average molecular weight is 254 g/mol. The fourth-order valence-corrected chi connectivity index (χ4v) is 3.09. The fourth-order valence-electron chi connectivity index (χ4n) is 3.09. The van der Waals surface area contributed by atoms with Crippen LogP contribution in [0.3, 0.4) is 0 Å². The number of carboxylic acids is 1. The number of amides is 1. The fraction of sp³-hybridized carbons (Fsp3) is 0.846. The maximum Gasteiger partial charge on any atom is 0.306 e. The molecule has 2 aliphatic rings. The Hall–Kier alpha value is -1.10. The Morgan fingerprint density at radius 3 is 2.39 bits per heavy atom. The molecule has 0 bridgehead atoms. The zero-order valence-electron chi connectivity index (χ0n) is 11.1. The topological polar surface area (TPSA) is 69.6 Å². The number of piperidine rings is 1. The highest BCUT2D eigenvalue weighted by Crippen LogP contribution is 2.26. The lowest BCUT2D eigenvalue weighted by molar-refractivity contribution is -0.149. The van der Waals surface area contributed by atoms with Crippen molar-refractivity contribution >= 4 is 11.9 Å². The van der Waals surface area contributed by atoms with E-state index in [0.29, 0.717) is 25.4 Å². The number of likely N-dealkylation sites (tertiary alicyclic amines) is 1. The van der Waals surface area contributed by atoms with Gasteiger partial charge in [-0.05, 0) is 24.8 Å². The van der Waals surface area contributed by atoms with E-state index in [1.165, 1.54) is 0 Å². The van der Waals surface area contributed by atoms with E-state index in [1.54, 1.807) is 0 Å². The van der Waals surface area contributed by atoms with Crippen molar-refractivity contribution in [3.63, 3.8) is 0 Å². The first-order valence-electron chi connectivity index (χ1n) is 6.73. The predicted octanol–water partition coefficient (Wildman–Crippen LogP) is 0.411. The summed E-state index contributed by atoms with van der Waals surface area (Å²) >= 11 is 0. The lowest BCUT2D eigenvalue weighted by Gasteiger charge is -2.36. The summed E-state index contributed by atoms with van der Waals surface area (Å²) in [6, 6.07) is 0. The Bertz CT molecular complexity index is 345. The van der Waals surface area contributed by atoms with Crippen LogP contribution in [-0.4, -0.2) is 48.1 Å². The van der Waals surface area contributed by atoms with Gasteiger partial charge >= 0.3 is 5.97 Å². The van der Waals surface area contributed by atoms with Crippen LogP contribution in [0.15, 0.2) is 0 Å². The lowest BCUT2D eigenvalue weighted by Crippen LogP contribution is -2.48. The molecule has 4 atom stereocenters. The maximum atomic E-state index is 12.4. The minimum Gasteiger partial charge on any atom is -0.481 e. The molecule has 0 aromatic carbocycles. The van der Waals surface area contributed by atoms with Crippen molar-refractivity contribution < 1.29 is 14.7 Å². The van der Waals surface area contributed by atoms with Crippen molar-refractivity contribution in [3.05, 3.63) is 0 Å². The molecule has 2 unspecified atom stereocenters. The third-order valence-corrected chi connectivity index (χ3v) is 4.37. The van der Waals surface area contributed by atoms with Crippen LogP contribution in [0.1, 0.15) is 20.3 Å². The van der Waals surface area contributed by atoms with Gasteiger partial charge in [0.25, 0.3) is 0 Å². The average Bonchev–Trinajstić information content (AvgIpc) is 2.74. The second-order valence-corrected chi connectivity index (χ2v) is 5.74. The highest BCUT2D eigenvalue weighted by atomic mass is 16.4. The van der Waals surface area contributed by atoms with Crippen LogP contribution >= 0.6 is 0 Å². The minimum atomic E-state index is -0.731. The second kappa shape index (κ2) is 5.26. The first kappa shape index (κ1) is 13.3. The first-order chi connectivity index (χ1) is 8.50. The highest BCUT2D eigenvalue weighted by Gasteiger charge is 2.37. The molecule has 0 aromatic heterocycles. The van der Waals surface area contributed by atoms with E-state index < -0.39 is 5.97 Å². The van der Waals surface area contributed by atoms with Crippen molar-refractivity contribution in [1.29, 1.82) is 0 Å². The van der Waals surface area contributed by atoms with Gasteiger partial charge in [-0.2, -0.15) is 0 Å². The van der Waals surface area contributed by atoms with E-state index in [0.717, 1.165) is 13.1 Å². The molecular weight excluding hydrogens is 232 g/mol. The van der Waals surface area contributed by atoms with Crippen LogP contribution in [0.25, 0.3) is 0 Å². The molecule has 2 N–H and O–H groups in total. The van der Waals surface area contributed by atoms with Gasteiger partial charge in [-0.1, -0.05) is 13.8 Å². The predicted molar refractivity (Wildman–Crippen MR) is 67.0 cm³/mol. The summed E-state index contributed by atoms with van der Waals surface area (Å²) in [5, 5.41) is 12.3. The Morgan fingerprint density at radius 2 is 1.89 bits per heavy atom. The van der Waals surface area contributed by atoms with Gasteiger partial charge in [-0.15, -0.1) is 0 Å². The minimum absolute atomic E-state index is 0.0462. The number of nitrogens with zero attached hydrogens (tertiary/aromatic N) is 1. The summed E-state index contributed by atoms with van der Waals surface area (Å²) in [5.41, 5.74) is 0. The largest absolute Gasteiger partial charge is 0.481 e. The molecule has 0 radical (unpaired) electrons. The van der Waals surface area contributed by atoms with E-state index in [1.807, 2.05) is 11.8 Å². The summed E-state index contributed by atoms with van der Waals surface area (Å²) in [6.45, 7) is 6.84. The summed E-state index contributed by atoms with van der Waals surface area (Å²) in [6.07, 6.45) is 0.580. The molecule has 5 nitrogen and oxygen atoms in total. The van der Waals surface area contributed by atoms with Crippen molar-refractivity contribution in [2.75, 3.05) is 26.2 Å². The number of carbonyl (C=O) groups is 2. The number of carbonyl (C=O) groups excluding carboxylic acids is 1. The van der Waals surface area contributed by atoms with Gasteiger partial charge in [0.2, 0.25) is 5.91 Å². The number of aliphatic carboxylic acids is 1. The third kappa shape index (κ3) is 2.51. The summed E-state index contributed by atoms with van der Waals surface area (Å²) in [4.78, 5) is 25.3. The molecule has 2 saturated heterocycles. The van der Waals surface area contributed by atoms with Crippen molar-refractivity contribution in [3.8, 4) is 0 Å². The van der Waals surface area contributed by atoms with Crippen molar-refractivity contribution in [2.45, 2.75) is 20.3 Å². The maximum absolute atomic E-state index is 12.4. The van der Waals surface area contributed by atoms with Crippen LogP contribution in [0.5, 0.6) is 0 Å². The molecule has 2 aliphatic heterocycles. The molecule has 5 heteroatoms. The molecule has 0 aliphatic carbocycles. The van der Waals surface area contributed by atoms with Crippen LogP contribution < -0.4 is 5.32 Å². The molecule has 18 heavy (non-hydrogen) atoms. The molecule has 102 valence electrons. The normalized spacial score (nSPS) is 36.7. The van der Waals surface area contributed by atoms with Gasteiger partial charge < -0.3 is 15.3 Å². The standard InChI is InChI=1S/C13H22N2O3/c1-8-5-14-6-11(8)12(16)15-4-3-10(13(17)18)9(2)7-15/h8-11,14H,3-7H2,1-2H3,(H,17,18)/t8-,9?,10?,11-/m1/s1. The molecule has 2 fully saturated rings. The summed E-state index contributed by atoms with van der Waals surface area (Å²) in [5.74, 6) is -0.338. The molecule has 1 amide bonds.